The Labute approximate surface area is 330 Å². The van der Waals surface area contributed by atoms with E-state index < -0.39 is 86.0 Å². The molecule has 0 aromatic heterocycles. The van der Waals surface area contributed by atoms with Gasteiger partial charge in [0.05, 0.1) is 38.1 Å². The molecule has 0 aromatic carbocycles. The largest absolute Gasteiger partial charge is 0.394 e. The summed E-state index contributed by atoms with van der Waals surface area (Å²) in [6.45, 7) is 15.4. The molecule has 14 heteroatoms. The van der Waals surface area contributed by atoms with Crippen LogP contribution in [0.1, 0.15) is 93.4 Å². The first-order chi connectivity index (χ1) is 26.2. The van der Waals surface area contributed by atoms with Crippen LogP contribution in [0.4, 0.5) is 0 Å². The second kappa shape index (κ2) is 14.1. The van der Waals surface area contributed by atoms with Crippen LogP contribution in [0, 0.1) is 51.2 Å². The molecule has 0 amide bonds. The zero-order chi connectivity index (χ0) is 40.5. The lowest BCUT2D eigenvalue weighted by atomic mass is 9.35. The van der Waals surface area contributed by atoms with Gasteiger partial charge in [0, 0.05) is 23.7 Å². The van der Waals surface area contributed by atoms with E-state index in [0.717, 1.165) is 38.5 Å². The summed E-state index contributed by atoms with van der Waals surface area (Å²) in [5, 5.41) is 86.1. The van der Waals surface area contributed by atoms with Crippen LogP contribution in [0.15, 0.2) is 11.6 Å². The highest BCUT2D eigenvalue weighted by Crippen LogP contribution is 2.80. The fraction of sp³-hybridized carbons (Fsp3) is 0.952. The molecule has 4 aliphatic carbocycles. The zero-order valence-corrected chi connectivity index (χ0v) is 34.1. The number of ether oxygens (including phenoxy) is 6. The highest BCUT2D eigenvalue weighted by molar-refractivity contribution is 5.27. The van der Waals surface area contributed by atoms with Gasteiger partial charge in [0.15, 0.2) is 18.4 Å². The number of rotatable bonds is 7. The number of fused-ring (bicyclic) bond motifs is 4. The summed E-state index contributed by atoms with van der Waals surface area (Å²) < 4.78 is 37.5. The van der Waals surface area contributed by atoms with Gasteiger partial charge in [0.2, 0.25) is 0 Å². The van der Waals surface area contributed by atoms with Crippen molar-refractivity contribution in [1.29, 1.82) is 0 Å². The molecule has 8 aliphatic rings. The summed E-state index contributed by atoms with van der Waals surface area (Å²) in [6.07, 6.45) is -6.79. The summed E-state index contributed by atoms with van der Waals surface area (Å²) in [6, 6.07) is 0. The van der Waals surface area contributed by atoms with E-state index in [1.807, 2.05) is 6.92 Å². The highest BCUT2D eigenvalue weighted by Gasteiger charge is 2.81. The summed E-state index contributed by atoms with van der Waals surface area (Å²) in [5.41, 5.74) is -0.302. The van der Waals surface area contributed by atoms with Crippen LogP contribution in [-0.2, 0) is 28.4 Å². The molecule has 4 aliphatic heterocycles. The molecule has 0 radical (unpaired) electrons. The lowest BCUT2D eigenvalue weighted by molar-refractivity contribution is -0.370. The average Bonchev–Trinajstić information content (AvgIpc) is 3.67. The molecule has 56 heavy (non-hydrogen) atoms. The van der Waals surface area contributed by atoms with Crippen molar-refractivity contribution in [1.82, 2.24) is 0 Å². The van der Waals surface area contributed by atoms with Gasteiger partial charge in [-0.15, -0.1) is 0 Å². The lowest BCUT2D eigenvalue weighted by Gasteiger charge is -2.70. The standard InChI is InChI=1S/C42H68O14/c1-20(2)14-21-17-51-42-18-41(19-52-42)22(34(42)40(21,7)50)8-9-26-38(5)12-11-27(37(3,4)25(38)10-13-39(26,41)6)55-36-32(49)33(29(46)24(16-44)54-36)56-35-31(48)30(47)28(45)23(15-43)53-35/h14,21-36,43-50H,8-13,15-19H2,1-7H3/t21-,22-,23-,24-,25+,26-,27+,28-,29-,30+,31-,32-,33+,34+,35+,36+,38-,39+,40-,41-,42+/m1/s1. The van der Waals surface area contributed by atoms with Gasteiger partial charge in [-0.05, 0) is 93.3 Å². The van der Waals surface area contributed by atoms with E-state index in [1.54, 1.807) is 0 Å². The van der Waals surface area contributed by atoms with Crippen LogP contribution >= 0.6 is 0 Å². The predicted molar refractivity (Wildman–Crippen MR) is 198 cm³/mol. The summed E-state index contributed by atoms with van der Waals surface area (Å²) in [5.74, 6) is 0.0262. The Morgan fingerprint density at radius 2 is 1.39 bits per heavy atom. The fourth-order valence-electron chi connectivity index (χ4n) is 14.6. The maximum atomic E-state index is 12.3. The van der Waals surface area contributed by atoms with E-state index in [-0.39, 0.29) is 45.5 Å². The third kappa shape index (κ3) is 5.79. The molecule has 8 rings (SSSR count). The maximum Gasteiger partial charge on any atom is 0.187 e. The third-order valence-electron chi connectivity index (χ3n) is 17.3. The van der Waals surface area contributed by atoms with Crippen molar-refractivity contribution in [3.05, 3.63) is 11.6 Å². The van der Waals surface area contributed by atoms with Crippen molar-refractivity contribution in [2.75, 3.05) is 26.4 Å². The lowest BCUT2D eigenvalue weighted by Crippen LogP contribution is -2.68. The van der Waals surface area contributed by atoms with Crippen molar-refractivity contribution in [3.8, 4) is 0 Å². The minimum Gasteiger partial charge on any atom is -0.394 e. The molecule has 4 saturated heterocycles. The minimum absolute atomic E-state index is 0.0284. The first-order valence-electron chi connectivity index (χ1n) is 21.1. The van der Waals surface area contributed by atoms with E-state index in [9.17, 15) is 40.9 Å². The molecule has 320 valence electrons. The Bertz CT molecular complexity index is 1500. The Balaban J connectivity index is 1.01. The van der Waals surface area contributed by atoms with Gasteiger partial charge in [0.1, 0.15) is 48.8 Å². The second-order valence-corrected chi connectivity index (χ2v) is 20.5. The SMILES string of the molecule is CC(C)=C[C@@H]1CO[C@@]23C[C@@]4(CO2)[C@H](CC[C@@H]2[C@]5(C)CC[C@H](O[C@@H]6O[C@H](CO)[C@@H](O)[C@H](O[C@@H]7O[C@H](CO)[C@@H](O)[C@H](O)[C@H]7O)[C@H]6O)C(C)(C)[C@@H]5CC[C@@]24C)[C@H]3[C@]1(C)O. The number of aliphatic hydroxyl groups is 8. The highest BCUT2D eigenvalue weighted by atomic mass is 16.7. The van der Waals surface area contributed by atoms with Gasteiger partial charge in [0.25, 0.3) is 0 Å². The summed E-state index contributed by atoms with van der Waals surface area (Å²) in [4.78, 5) is 0. The van der Waals surface area contributed by atoms with Crippen molar-refractivity contribution in [2.45, 2.75) is 172 Å². The monoisotopic (exact) mass is 796 g/mol. The second-order valence-electron chi connectivity index (χ2n) is 20.5. The van der Waals surface area contributed by atoms with E-state index in [4.69, 9.17) is 28.4 Å². The minimum atomic E-state index is -1.75. The van der Waals surface area contributed by atoms with Crippen LogP contribution in [-0.4, -0.2) is 146 Å². The van der Waals surface area contributed by atoms with Crippen LogP contribution in [0.2, 0.25) is 0 Å². The van der Waals surface area contributed by atoms with Gasteiger partial charge in [-0.25, -0.2) is 0 Å². The van der Waals surface area contributed by atoms with Gasteiger partial charge < -0.3 is 69.3 Å². The van der Waals surface area contributed by atoms with Crippen LogP contribution in [0.5, 0.6) is 0 Å². The molecule has 21 atom stereocenters. The number of allylic oxidation sites excluding steroid dienone is 1. The molecule has 8 N–H and O–H groups in total. The first kappa shape index (κ1) is 41.9. The molecule has 2 bridgehead atoms. The van der Waals surface area contributed by atoms with Crippen LogP contribution in [0.25, 0.3) is 0 Å². The molecular weight excluding hydrogens is 728 g/mol. The quantitative estimate of drug-likeness (QED) is 0.135. The smallest absolute Gasteiger partial charge is 0.187 e. The molecule has 0 unspecified atom stereocenters. The van der Waals surface area contributed by atoms with Crippen molar-refractivity contribution < 1.29 is 69.3 Å². The molecule has 2 spiro atoms. The predicted octanol–water partition coefficient (Wildman–Crippen LogP) is 1.36. The Hall–Kier alpha value is -0.820. The molecule has 4 heterocycles. The topological polar surface area (TPSA) is 217 Å². The molecular formula is C42H68O14. The van der Waals surface area contributed by atoms with E-state index in [1.165, 1.54) is 5.57 Å². The molecule has 14 nitrogen and oxygen atoms in total. The van der Waals surface area contributed by atoms with E-state index >= 15 is 0 Å². The van der Waals surface area contributed by atoms with Crippen molar-refractivity contribution >= 4 is 0 Å². The Kier molecular flexibility index (Phi) is 10.6. The van der Waals surface area contributed by atoms with Crippen molar-refractivity contribution in [3.63, 3.8) is 0 Å². The molecule has 0 aromatic rings. The van der Waals surface area contributed by atoms with Crippen molar-refractivity contribution in [2.24, 2.45) is 51.2 Å². The molecule has 4 saturated carbocycles. The molecule has 8 fully saturated rings. The maximum absolute atomic E-state index is 12.3. The first-order valence-corrected chi connectivity index (χ1v) is 21.1. The third-order valence-corrected chi connectivity index (χ3v) is 17.3. The zero-order valence-electron chi connectivity index (χ0n) is 34.1. The van der Waals surface area contributed by atoms with Crippen LogP contribution < -0.4 is 0 Å². The van der Waals surface area contributed by atoms with E-state index in [2.05, 4.69) is 47.6 Å². The number of aliphatic hydroxyl groups excluding tert-OH is 7. The average molecular weight is 797 g/mol. The Morgan fingerprint density at radius 3 is 2.05 bits per heavy atom. The van der Waals surface area contributed by atoms with Gasteiger partial charge in [-0.1, -0.05) is 39.3 Å². The van der Waals surface area contributed by atoms with Crippen LogP contribution in [0.3, 0.4) is 0 Å². The summed E-state index contributed by atoms with van der Waals surface area (Å²) in [7, 11) is 0. The Morgan fingerprint density at radius 1 is 0.732 bits per heavy atom. The fourth-order valence-corrected chi connectivity index (χ4v) is 14.6. The van der Waals surface area contributed by atoms with Gasteiger partial charge in [-0.3, -0.25) is 0 Å². The number of hydrogen-bond donors (Lipinski definition) is 8. The normalized spacial score (nSPS) is 57.4. The number of hydrogen-bond acceptors (Lipinski definition) is 14. The van der Waals surface area contributed by atoms with E-state index in [0.29, 0.717) is 31.5 Å². The van der Waals surface area contributed by atoms with Gasteiger partial charge in [-0.2, -0.15) is 0 Å². The summed E-state index contributed by atoms with van der Waals surface area (Å²) >= 11 is 0. The van der Waals surface area contributed by atoms with Gasteiger partial charge >= 0.3 is 0 Å².